The second-order valence-corrected chi connectivity index (χ2v) is 6.60. The van der Waals surface area contributed by atoms with Gasteiger partial charge in [0, 0.05) is 19.2 Å². The number of aromatic nitrogens is 2. The number of morpholine rings is 1. The number of rotatable bonds is 4. The molecule has 26 heavy (non-hydrogen) atoms. The summed E-state index contributed by atoms with van der Waals surface area (Å²) in [5, 5.41) is 9.94. The Kier molecular flexibility index (Phi) is 5.29. The van der Waals surface area contributed by atoms with Crippen LogP contribution in [-0.2, 0) is 11.2 Å². The number of amides is 1. The number of aryl methyl sites for hydroxylation is 2. The SMILES string of the molecule is Cc1ncc(C(=O)N2CCO[C@@](CO)(Cc3ccccc3F)C2)c(C)n1. The maximum atomic E-state index is 14.0. The first kappa shape index (κ1) is 18.4. The predicted octanol–water partition coefficient (Wildman–Crippen LogP) is 1.68. The number of hydrogen-bond donors (Lipinski definition) is 1. The molecule has 1 aromatic heterocycles. The molecule has 1 saturated heterocycles. The smallest absolute Gasteiger partial charge is 0.257 e. The predicted molar refractivity (Wildman–Crippen MR) is 93.3 cm³/mol. The van der Waals surface area contributed by atoms with E-state index in [9.17, 15) is 14.3 Å². The number of benzene rings is 1. The normalized spacial score (nSPS) is 20.2. The number of aliphatic hydroxyl groups is 1. The van der Waals surface area contributed by atoms with Gasteiger partial charge in [-0.15, -0.1) is 0 Å². The van der Waals surface area contributed by atoms with Gasteiger partial charge in [-0.1, -0.05) is 18.2 Å². The molecule has 1 fully saturated rings. The Balaban J connectivity index is 1.82. The average Bonchev–Trinajstić information content (AvgIpc) is 2.63. The quantitative estimate of drug-likeness (QED) is 0.899. The molecule has 1 aromatic carbocycles. The van der Waals surface area contributed by atoms with Crippen molar-refractivity contribution in [1.29, 1.82) is 0 Å². The van der Waals surface area contributed by atoms with Gasteiger partial charge >= 0.3 is 0 Å². The molecule has 3 rings (SSSR count). The van der Waals surface area contributed by atoms with Gasteiger partial charge in [0.05, 0.1) is 31.0 Å². The molecule has 1 aliphatic heterocycles. The summed E-state index contributed by atoms with van der Waals surface area (Å²) < 4.78 is 19.8. The molecule has 0 saturated carbocycles. The monoisotopic (exact) mass is 359 g/mol. The van der Waals surface area contributed by atoms with Crippen LogP contribution >= 0.6 is 0 Å². The van der Waals surface area contributed by atoms with E-state index in [0.29, 0.717) is 29.2 Å². The Labute approximate surface area is 151 Å². The minimum atomic E-state index is -1.03. The van der Waals surface area contributed by atoms with E-state index >= 15 is 0 Å². The number of halogens is 1. The Morgan fingerprint density at radius 1 is 1.38 bits per heavy atom. The largest absolute Gasteiger partial charge is 0.393 e. The van der Waals surface area contributed by atoms with Gasteiger partial charge in [-0.3, -0.25) is 4.79 Å². The fraction of sp³-hybridized carbons (Fsp3) is 0.421. The third kappa shape index (κ3) is 3.73. The Bertz CT molecular complexity index is 814. The molecule has 0 spiro atoms. The molecule has 0 aliphatic carbocycles. The van der Waals surface area contributed by atoms with Crippen molar-refractivity contribution in [1.82, 2.24) is 14.9 Å². The Morgan fingerprint density at radius 3 is 2.85 bits per heavy atom. The van der Waals surface area contributed by atoms with E-state index in [4.69, 9.17) is 4.74 Å². The highest BCUT2D eigenvalue weighted by atomic mass is 19.1. The number of nitrogens with zero attached hydrogens (tertiary/aromatic N) is 3. The lowest BCUT2D eigenvalue weighted by atomic mass is 9.92. The average molecular weight is 359 g/mol. The topological polar surface area (TPSA) is 75.6 Å². The van der Waals surface area contributed by atoms with Crippen molar-refractivity contribution >= 4 is 5.91 Å². The van der Waals surface area contributed by atoms with Gasteiger partial charge in [0.2, 0.25) is 0 Å². The van der Waals surface area contributed by atoms with Crippen LogP contribution in [0, 0.1) is 19.7 Å². The zero-order valence-corrected chi connectivity index (χ0v) is 14.9. The van der Waals surface area contributed by atoms with Crippen LogP contribution in [0.3, 0.4) is 0 Å². The minimum absolute atomic E-state index is 0.171. The Morgan fingerprint density at radius 2 is 2.15 bits per heavy atom. The van der Waals surface area contributed by atoms with Crippen LogP contribution in [0.4, 0.5) is 4.39 Å². The van der Waals surface area contributed by atoms with Crippen molar-refractivity contribution < 1.29 is 19.0 Å². The van der Waals surface area contributed by atoms with E-state index in [1.807, 2.05) is 0 Å². The lowest BCUT2D eigenvalue weighted by Crippen LogP contribution is -2.57. The van der Waals surface area contributed by atoms with E-state index in [1.165, 1.54) is 12.3 Å². The summed E-state index contributed by atoms with van der Waals surface area (Å²) in [6.07, 6.45) is 1.70. The molecule has 2 aromatic rings. The van der Waals surface area contributed by atoms with Crippen molar-refractivity contribution in [3.8, 4) is 0 Å². The summed E-state index contributed by atoms with van der Waals surface area (Å²) in [5.41, 5.74) is 0.453. The fourth-order valence-electron chi connectivity index (χ4n) is 3.23. The molecule has 1 atom stereocenters. The molecule has 7 heteroatoms. The summed E-state index contributed by atoms with van der Waals surface area (Å²) >= 11 is 0. The fourth-order valence-corrected chi connectivity index (χ4v) is 3.23. The molecule has 1 N–H and O–H groups in total. The first-order chi connectivity index (χ1) is 12.4. The third-order valence-corrected chi connectivity index (χ3v) is 4.62. The first-order valence-electron chi connectivity index (χ1n) is 8.52. The summed E-state index contributed by atoms with van der Waals surface area (Å²) in [5.74, 6) is 0.0394. The summed E-state index contributed by atoms with van der Waals surface area (Å²) in [6, 6.07) is 6.39. The van der Waals surface area contributed by atoms with Crippen LogP contribution in [-0.4, -0.2) is 57.8 Å². The molecule has 0 unspecified atom stereocenters. The van der Waals surface area contributed by atoms with Gasteiger partial charge in [0.1, 0.15) is 17.2 Å². The molecule has 2 heterocycles. The van der Waals surface area contributed by atoms with Gasteiger partial charge in [0.25, 0.3) is 5.91 Å². The Hall–Kier alpha value is -2.38. The van der Waals surface area contributed by atoms with E-state index in [0.717, 1.165) is 0 Å². The number of hydrogen-bond acceptors (Lipinski definition) is 5. The molecule has 0 bridgehead atoms. The highest BCUT2D eigenvalue weighted by Crippen LogP contribution is 2.25. The lowest BCUT2D eigenvalue weighted by molar-refractivity contribution is -0.124. The van der Waals surface area contributed by atoms with Crippen molar-refractivity contribution in [3.05, 3.63) is 58.9 Å². The van der Waals surface area contributed by atoms with Crippen LogP contribution in [0.2, 0.25) is 0 Å². The third-order valence-electron chi connectivity index (χ3n) is 4.62. The molecular formula is C19H22FN3O3. The second-order valence-electron chi connectivity index (χ2n) is 6.60. The van der Waals surface area contributed by atoms with Gasteiger partial charge in [-0.25, -0.2) is 14.4 Å². The highest BCUT2D eigenvalue weighted by Gasteiger charge is 2.39. The van der Waals surface area contributed by atoms with Crippen LogP contribution in [0.5, 0.6) is 0 Å². The zero-order chi connectivity index (χ0) is 18.7. The van der Waals surface area contributed by atoms with E-state index in [2.05, 4.69) is 9.97 Å². The van der Waals surface area contributed by atoms with E-state index in [-0.39, 0.29) is 37.9 Å². The number of carbonyl (C=O) groups excluding carboxylic acids is 1. The molecule has 1 amide bonds. The van der Waals surface area contributed by atoms with E-state index < -0.39 is 5.60 Å². The number of carbonyl (C=O) groups is 1. The second kappa shape index (κ2) is 7.47. The highest BCUT2D eigenvalue weighted by molar-refractivity contribution is 5.95. The standard InChI is InChI=1S/C19H22FN3O3/c1-13-16(10-21-14(2)22-13)18(25)23-7-8-26-19(11-23,12-24)9-15-5-3-4-6-17(15)20/h3-6,10,24H,7-9,11-12H2,1-2H3/t19-/m0/s1. The summed E-state index contributed by atoms with van der Waals surface area (Å²) in [6.45, 7) is 4.05. The summed E-state index contributed by atoms with van der Waals surface area (Å²) in [4.78, 5) is 22.8. The first-order valence-corrected chi connectivity index (χ1v) is 8.52. The van der Waals surface area contributed by atoms with Crippen molar-refractivity contribution in [3.63, 3.8) is 0 Å². The van der Waals surface area contributed by atoms with Crippen molar-refractivity contribution in [2.45, 2.75) is 25.9 Å². The lowest BCUT2D eigenvalue weighted by Gasteiger charge is -2.42. The maximum Gasteiger partial charge on any atom is 0.257 e. The molecule has 1 aliphatic rings. The van der Waals surface area contributed by atoms with Gasteiger partial charge in [-0.05, 0) is 25.5 Å². The van der Waals surface area contributed by atoms with Crippen molar-refractivity contribution in [2.24, 2.45) is 0 Å². The summed E-state index contributed by atoms with van der Waals surface area (Å²) in [7, 11) is 0. The van der Waals surface area contributed by atoms with Gasteiger partial charge in [0.15, 0.2) is 0 Å². The van der Waals surface area contributed by atoms with Crippen LogP contribution in [0.15, 0.2) is 30.5 Å². The van der Waals surface area contributed by atoms with Gasteiger partial charge < -0.3 is 14.7 Å². The minimum Gasteiger partial charge on any atom is -0.393 e. The van der Waals surface area contributed by atoms with Crippen molar-refractivity contribution in [2.75, 3.05) is 26.3 Å². The molecule has 138 valence electrons. The molecule has 0 radical (unpaired) electrons. The van der Waals surface area contributed by atoms with E-state index in [1.54, 1.807) is 36.9 Å². The maximum absolute atomic E-state index is 14.0. The number of aliphatic hydroxyl groups excluding tert-OH is 1. The van der Waals surface area contributed by atoms with Crippen LogP contribution < -0.4 is 0 Å². The number of ether oxygens (including phenoxy) is 1. The molecular weight excluding hydrogens is 337 g/mol. The van der Waals surface area contributed by atoms with Crippen LogP contribution in [0.25, 0.3) is 0 Å². The zero-order valence-electron chi connectivity index (χ0n) is 14.9. The van der Waals surface area contributed by atoms with Crippen LogP contribution in [0.1, 0.15) is 27.4 Å². The molecule has 6 nitrogen and oxygen atoms in total. The van der Waals surface area contributed by atoms with Gasteiger partial charge in [-0.2, -0.15) is 0 Å².